The molecule has 0 saturated heterocycles. The van der Waals surface area contributed by atoms with E-state index in [0.717, 1.165) is 15.4 Å². The summed E-state index contributed by atoms with van der Waals surface area (Å²) in [6.07, 6.45) is 0. The molecule has 1 atom stereocenters. The largest absolute Gasteiger partial charge is 0.345 e. The molecule has 0 fully saturated rings. The molecule has 5 nitrogen and oxygen atoms in total. The van der Waals surface area contributed by atoms with Crippen LogP contribution in [0.3, 0.4) is 0 Å². The van der Waals surface area contributed by atoms with Crippen LogP contribution in [0.2, 0.25) is 5.02 Å². The zero-order chi connectivity index (χ0) is 21.9. The monoisotopic (exact) mass is 442 g/mol. The predicted octanol–water partition coefficient (Wildman–Crippen LogP) is 4.96. The molecular formula is C23H23ClN2O3S. The highest BCUT2D eigenvalue weighted by Crippen LogP contribution is 2.27. The van der Waals surface area contributed by atoms with Crippen molar-refractivity contribution in [3.63, 3.8) is 0 Å². The van der Waals surface area contributed by atoms with E-state index in [0.29, 0.717) is 5.69 Å². The van der Waals surface area contributed by atoms with Crippen molar-refractivity contribution in [1.82, 2.24) is 5.32 Å². The molecule has 3 rings (SSSR count). The van der Waals surface area contributed by atoms with Crippen LogP contribution < -0.4 is 9.62 Å². The molecule has 156 valence electrons. The molecule has 1 amide bonds. The summed E-state index contributed by atoms with van der Waals surface area (Å²) in [5.41, 5.74) is 2.48. The van der Waals surface area contributed by atoms with Crippen LogP contribution in [0, 0.1) is 6.92 Å². The van der Waals surface area contributed by atoms with E-state index in [4.69, 9.17) is 11.6 Å². The zero-order valence-corrected chi connectivity index (χ0v) is 18.5. The highest BCUT2D eigenvalue weighted by molar-refractivity contribution is 7.92. The van der Waals surface area contributed by atoms with E-state index in [-0.39, 0.29) is 27.4 Å². The third kappa shape index (κ3) is 4.66. The number of nitrogens with zero attached hydrogens (tertiary/aromatic N) is 1. The van der Waals surface area contributed by atoms with Crippen LogP contribution >= 0.6 is 11.6 Å². The molecule has 0 heterocycles. The molecule has 7 heteroatoms. The summed E-state index contributed by atoms with van der Waals surface area (Å²) in [6, 6.07) is 20.5. The van der Waals surface area contributed by atoms with Crippen LogP contribution in [-0.4, -0.2) is 21.4 Å². The van der Waals surface area contributed by atoms with Crippen LogP contribution in [0.4, 0.5) is 5.69 Å². The fourth-order valence-electron chi connectivity index (χ4n) is 2.99. The Morgan fingerprint density at radius 1 is 1.00 bits per heavy atom. The SMILES string of the molecule is Cc1ccc(S(=O)(=O)N(C)c2ccc(Cl)c(C(=O)N[C@H](C)c3ccccc3)c2)cc1. The Morgan fingerprint density at radius 3 is 2.27 bits per heavy atom. The van der Waals surface area contributed by atoms with E-state index < -0.39 is 10.0 Å². The standard InChI is InChI=1S/C23H23ClN2O3S/c1-16-9-12-20(13-10-16)30(28,29)26(3)19-11-14-22(24)21(15-19)23(27)25-17(2)18-7-5-4-6-8-18/h4-15,17H,1-3H3,(H,25,27)/t17-/m1/s1. The van der Waals surface area contributed by atoms with Gasteiger partial charge in [0, 0.05) is 7.05 Å². The third-order valence-electron chi connectivity index (χ3n) is 4.88. The van der Waals surface area contributed by atoms with Gasteiger partial charge in [-0.15, -0.1) is 0 Å². The fraction of sp³-hybridized carbons (Fsp3) is 0.174. The maximum atomic E-state index is 13.0. The molecule has 0 unspecified atom stereocenters. The Balaban J connectivity index is 1.87. The van der Waals surface area contributed by atoms with Gasteiger partial charge in [-0.25, -0.2) is 8.42 Å². The molecular weight excluding hydrogens is 420 g/mol. The number of benzene rings is 3. The first kappa shape index (κ1) is 21.9. The van der Waals surface area contributed by atoms with Crippen LogP contribution in [-0.2, 0) is 10.0 Å². The van der Waals surface area contributed by atoms with Crippen LogP contribution in [0.5, 0.6) is 0 Å². The van der Waals surface area contributed by atoms with Gasteiger partial charge in [0.25, 0.3) is 15.9 Å². The predicted molar refractivity (Wildman–Crippen MR) is 121 cm³/mol. The van der Waals surface area contributed by atoms with Crippen LogP contribution in [0.25, 0.3) is 0 Å². The Labute approximate surface area is 182 Å². The molecule has 30 heavy (non-hydrogen) atoms. The molecule has 0 radical (unpaired) electrons. The van der Waals surface area contributed by atoms with Crippen molar-refractivity contribution in [2.45, 2.75) is 24.8 Å². The minimum absolute atomic E-state index is 0.175. The number of hydrogen-bond acceptors (Lipinski definition) is 3. The van der Waals surface area contributed by atoms with Crippen LogP contribution in [0.1, 0.15) is 34.5 Å². The number of aryl methyl sites for hydroxylation is 1. The minimum atomic E-state index is -3.77. The Kier molecular flexibility index (Phi) is 6.48. The number of rotatable bonds is 6. The molecule has 1 N–H and O–H groups in total. The second-order valence-electron chi connectivity index (χ2n) is 7.06. The molecule has 0 spiro atoms. The first-order valence-corrected chi connectivity index (χ1v) is 11.2. The number of anilines is 1. The van der Waals surface area contributed by atoms with E-state index in [1.165, 1.54) is 19.2 Å². The van der Waals surface area contributed by atoms with Gasteiger partial charge < -0.3 is 5.32 Å². The molecule has 0 aliphatic heterocycles. The molecule has 0 aliphatic carbocycles. The van der Waals surface area contributed by atoms with Gasteiger partial charge in [-0.3, -0.25) is 9.10 Å². The summed E-state index contributed by atoms with van der Waals surface area (Å²) in [5.74, 6) is -0.376. The normalized spacial score (nSPS) is 12.3. The summed E-state index contributed by atoms with van der Waals surface area (Å²) in [7, 11) is -2.32. The van der Waals surface area contributed by atoms with E-state index in [2.05, 4.69) is 5.32 Å². The van der Waals surface area contributed by atoms with Gasteiger partial charge in [0.1, 0.15) is 0 Å². The topological polar surface area (TPSA) is 66.5 Å². The Morgan fingerprint density at radius 2 is 1.63 bits per heavy atom. The molecule has 3 aromatic rings. The lowest BCUT2D eigenvalue weighted by Gasteiger charge is -2.21. The number of hydrogen-bond donors (Lipinski definition) is 1. The van der Waals surface area contributed by atoms with E-state index in [9.17, 15) is 13.2 Å². The van der Waals surface area contributed by atoms with Crippen molar-refractivity contribution in [2.75, 3.05) is 11.4 Å². The lowest BCUT2D eigenvalue weighted by Crippen LogP contribution is -2.29. The quantitative estimate of drug-likeness (QED) is 0.586. The summed E-state index contributed by atoms with van der Waals surface area (Å²) < 4.78 is 27.1. The number of sulfonamides is 1. The van der Waals surface area contributed by atoms with Crippen LogP contribution in [0.15, 0.2) is 77.7 Å². The van der Waals surface area contributed by atoms with Gasteiger partial charge in [-0.05, 0) is 49.7 Å². The number of carbonyl (C=O) groups is 1. The van der Waals surface area contributed by atoms with Crippen molar-refractivity contribution >= 4 is 33.2 Å². The smallest absolute Gasteiger partial charge is 0.264 e. The number of halogens is 1. The van der Waals surface area contributed by atoms with Crippen molar-refractivity contribution in [3.05, 3.63) is 94.5 Å². The van der Waals surface area contributed by atoms with Crippen molar-refractivity contribution in [1.29, 1.82) is 0 Å². The van der Waals surface area contributed by atoms with E-state index >= 15 is 0 Å². The summed E-state index contributed by atoms with van der Waals surface area (Å²) in [6.45, 7) is 3.76. The zero-order valence-electron chi connectivity index (χ0n) is 17.0. The van der Waals surface area contributed by atoms with Gasteiger partial charge in [0.05, 0.1) is 27.2 Å². The van der Waals surface area contributed by atoms with Gasteiger partial charge >= 0.3 is 0 Å². The lowest BCUT2D eigenvalue weighted by atomic mass is 10.1. The van der Waals surface area contributed by atoms with E-state index in [1.807, 2.05) is 44.2 Å². The van der Waals surface area contributed by atoms with Gasteiger partial charge in [-0.1, -0.05) is 59.6 Å². The molecule has 0 aromatic heterocycles. The van der Waals surface area contributed by atoms with Crippen molar-refractivity contribution in [3.8, 4) is 0 Å². The van der Waals surface area contributed by atoms with Crippen molar-refractivity contribution in [2.24, 2.45) is 0 Å². The number of nitrogens with one attached hydrogen (secondary N) is 1. The second-order valence-corrected chi connectivity index (χ2v) is 9.43. The molecule has 0 saturated carbocycles. The van der Waals surface area contributed by atoms with Gasteiger partial charge in [0.2, 0.25) is 0 Å². The lowest BCUT2D eigenvalue weighted by molar-refractivity contribution is 0.0940. The average Bonchev–Trinajstić information content (AvgIpc) is 2.74. The minimum Gasteiger partial charge on any atom is -0.345 e. The highest BCUT2D eigenvalue weighted by Gasteiger charge is 2.23. The average molecular weight is 443 g/mol. The maximum absolute atomic E-state index is 13.0. The summed E-state index contributed by atoms with van der Waals surface area (Å²) in [4.78, 5) is 13.0. The Hall–Kier alpha value is -2.83. The molecule has 0 aliphatic rings. The molecule has 3 aromatic carbocycles. The second kappa shape index (κ2) is 8.90. The van der Waals surface area contributed by atoms with E-state index in [1.54, 1.807) is 30.3 Å². The Bertz CT molecular complexity index is 1150. The maximum Gasteiger partial charge on any atom is 0.264 e. The number of amides is 1. The first-order chi connectivity index (χ1) is 14.2. The fourth-order valence-corrected chi connectivity index (χ4v) is 4.38. The summed E-state index contributed by atoms with van der Waals surface area (Å²) in [5, 5.41) is 3.15. The van der Waals surface area contributed by atoms with Gasteiger partial charge in [0.15, 0.2) is 0 Å². The number of carbonyl (C=O) groups excluding carboxylic acids is 1. The molecule has 0 bridgehead atoms. The first-order valence-electron chi connectivity index (χ1n) is 9.41. The third-order valence-corrected chi connectivity index (χ3v) is 7.01. The van der Waals surface area contributed by atoms with Crippen molar-refractivity contribution < 1.29 is 13.2 Å². The highest BCUT2D eigenvalue weighted by atomic mass is 35.5. The summed E-state index contributed by atoms with van der Waals surface area (Å²) >= 11 is 6.25. The van der Waals surface area contributed by atoms with Gasteiger partial charge in [-0.2, -0.15) is 0 Å².